The van der Waals surface area contributed by atoms with Gasteiger partial charge in [0.1, 0.15) is 11.9 Å². The molecule has 0 bridgehead atoms. The van der Waals surface area contributed by atoms with Crippen LogP contribution < -0.4 is 20.9 Å². The van der Waals surface area contributed by atoms with E-state index in [9.17, 15) is 19.5 Å². The number of rotatable bonds is 15. The molecule has 1 heterocycles. The minimum Gasteiger partial charge on any atom is -0.508 e. The van der Waals surface area contributed by atoms with Gasteiger partial charge in [-0.15, -0.1) is 0 Å². The van der Waals surface area contributed by atoms with Gasteiger partial charge < -0.3 is 30.7 Å². The number of carbonyl (C=O) groups excluding carboxylic acids is 3. The number of nitrogens with one attached hydrogen (secondary N) is 3. The van der Waals surface area contributed by atoms with Crippen LogP contribution in [0.4, 0.5) is 21.9 Å². The molecule has 300 valence electrons. The lowest BCUT2D eigenvalue weighted by atomic mass is 10.00. The quantitative estimate of drug-likeness (QED) is 0.0769. The summed E-state index contributed by atoms with van der Waals surface area (Å²) in [5, 5.41) is 18.4. The number of benzene rings is 6. The standard InChI is InChI=1S/C49H49N5O5/c55-41-24-22-36(23-25-41)26-29-50-35-47(56)52-40-17-11-16-39(34-40)48(57)51-30-33-53-31-27-42(28-32-53)59-49(58)54(45-20-9-7-18-43(45)37-12-3-1-4-13-37)46-21-10-8-19-44(46)38-14-5-2-6-15-38/h1-25,34,42,50,55H,26-33,35H2,(H,51,57)(H,52,56). The molecule has 59 heavy (non-hydrogen) atoms. The van der Waals surface area contributed by atoms with Crippen LogP contribution in [-0.4, -0.2) is 73.3 Å². The second kappa shape index (κ2) is 20.1. The van der Waals surface area contributed by atoms with Gasteiger partial charge in [-0.3, -0.25) is 9.59 Å². The number of amides is 3. The maximum Gasteiger partial charge on any atom is 0.419 e. The Hall–Kier alpha value is -6.75. The predicted octanol–water partition coefficient (Wildman–Crippen LogP) is 8.67. The number of phenols is 1. The Morgan fingerprint density at radius 3 is 1.90 bits per heavy atom. The van der Waals surface area contributed by atoms with E-state index in [0.717, 1.165) is 58.7 Å². The number of anilines is 3. The molecule has 1 aliphatic rings. The minimum absolute atomic E-state index is 0.132. The largest absolute Gasteiger partial charge is 0.508 e. The molecule has 10 nitrogen and oxygen atoms in total. The molecule has 0 aliphatic carbocycles. The molecule has 0 aromatic heterocycles. The normalized spacial score (nSPS) is 13.0. The van der Waals surface area contributed by atoms with Crippen molar-refractivity contribution in [2.75, 3.05) is 49.5 Å². The van der Waals surface area contributed by atoms with Crippen molar-refractivity contribution in [1.29, 1.82) is 0 Å². The van der Waals surface area contributed by atoms with Gasteiger partial charge in [0, 0.05) is 48.6 Å². The average Bonchev–Trinajstić information content (AvgIpc) is 3.27. The molecular formula is C49H49N5O5. The second-order valence-electron chi connectivity index (χ2n) is 14.5. The van der Waals surface area contributed by atoms with Crippen LogP contribution in [0, 0.1) is 0 Å². The van der Waals surface area contributed by atoms with E-state index in [1.54, 1.807) is 41.3 Å². The molecule has 0 atom stereocenters. The molecule has 1 aliphatic heterocycles. The number of hydrogen-bond acceptors (Lipinski definition) is 7. The number of ether oxygens (including phenoxy) is 1. The highest BCUT2D eigenvalue weighted by molar-refractivity contribution is 6.04. The lowest BCUT2D eigenvalue weighted by Crippen LogP contribution is -2.43. The summed E-state index contributed by atoms with van der Waals surface area (Å²) in [7, 11) is 0. The van der Waals surface area contributed by atoms with Gasteiger partial charge in [0.2, 0.25) is 5.91 Å². The van der Waals surface area contributed by atoms with Gasteiger partial charge in [0.25, 0.3) is 5.91 Å². The van der Waals surface area contributed by atoms with Crippen LogP contribution in [0.5, 0.6) is 5.75 Å². The van der Waals surface area contributed by atoms with Crippen molar-refractivity contribution in [2.24, 2.45) is 0 Å². The number of nitrogens with zero attached hydrogens (tertiary/aromatic N) is 2. The van der Waals surface area contributed by atoms with Crippen molar-refractivity contribution in [3.8, 4) is 28.0 Å². The van der Waals surface area contributed by atoms with Gasteiger partial charge in [-0.2, -0.15) is 0 Å². The first-order valence-corrected chi connectivity index (χ1v) is 20.1. The van der Waals surface area contributed by atoms with E-state index in [4.69, 9.17) is 4.74 Å². The lowest BCUT2D eigenvalue weighted by molar-refractivity contribution is -0.115. The van der Waals surface area contributed by atoms with E-state index in [2.05, 4.69) is 20.9 Å². The van der Waals surface area contributed by atoms with E-state index in [1.165, 1.54) is 0 Å². The molecule has 10 heteroatoms. The van der Waals surface area contributed by atoms with Crippen LogP contribution in [0.2, 0.25) is 0 Å². The van der Waals surface area contributed by atoms with Crippen LogP contribution in [0.3, 0.4) is 0 Å². The first-order valence-electron chi connectivity index (χ1n) is 20.1. The first-order chi connectivity index (χ1) is 28.9. The van der Waals surface area contributed by atoms with E-state index in [-0.39, 0.29) is 30.2 Å². The highest BCUT2D eigenvalue weighted by Crippen LogP contribution is 2.40. The molecule has 1 fully saturated rings. The molecule has 0 saturated carbocycles. The fourth-order valence-corrected chi connectivity index (χ4v) is 7.30. The van der Waals surface area contributed by atoms with Crippen molar-refractivity contribution < 1.29 is 24.2 Å². The zero-order valence-corrected chi connectivity index (χ0v) is 32.9. The summed E-state index contributed by atoms with van der Waals surface area (Å²) in [6.45, 7) is 3.29. The second-order valence-corrected chi connectivity index (χ2v) is 14.5. The molecule has 6 aromatic carbocycles. The first kappa shape index (κ1) is 40.4. The van der Waals surface area contributed by atoms with Crippen molar-refractivity contribution in [2.45, 2.75) is 25.4 Å². The average molecular weight is 788 g/mol. The zero-order valence-electron chi connectivity index (χ0n) is 32.9. The minimum atomic E-state index is -0.428. The SMILES string of the molecule is O=C(CNCCc1ccc(O)cc1)Nc1cccc(C(=O)NCCN2CCC(OC(=O)N(c3ccccc3-c3ccccc3)c3ccccc3-c3ccccc3)CC2)c1. The Morgan fingerprint density at radius 1 is 0.678 bits per heavy atom. The van der Waals surface area contributed by atoms with Gasteiger partial charge in [-0.05, 0) is 85.0 Å². The van der Waals surface area contributed by atoms with Crippen LogP contribution in [0.1, 0.15) is 28.8 Å². The topological polar surface area (TPSA) is 123 Å². The van der Waals surface area contributed by atoms with Gasteiger partial charge in [-0.25, -0.2) is 9.69 Å². The highest BCUT2D eigenvalue weighted by atomic mass is 16.6. The van der Waals surface area contributed by atoms with Crippen molar-refractivity contribution >= 4 is 35.0 Å². The Bertz CT molecular complexity index is 2230. The zero-order chi connectivity index (χ0) is 40.8. The van der Waals surface area contributed by atoms with E-state index in [0.29, 0.717) is 43.7 Å². The number of likely N-dealkylation sites (tertiary alicyclic amines) is 1. The molecule has 7 rings (SSSR count). The van der Waals surface area contributed by atoms with E-state index < -0.39 is 6.09 Å². The van der Waals surface area contributed by atoms with Crippen molar-refractivity contribution in [1.82, 2.24) is 15.5 Å². The van der Waals surface area contributed by atoms with E-state index >= 15 is 0 Å². The van der Waals surface area contributed by atoms with Crippen molar-refractivity contribution in [3.63, 3.8) is 0 Å². The summed E-state index contributed by atoms with van der Waals surface area (Å²) in [4.78, 5) is 44.0. The Balaban J connectivity index is 0.915. The maximum absolute atomic E-state index is 14.5. The summed E-state index contributed by atoms with van der Waals surface area (Å²) in [6, 6.07) is 49.9. The Labute approximate surface area is 345 Å². The van der Waals surface area contributed by atoms with Gasteiger partial charge >= 0.3 is 6.09 Å². The lowest BCUT2D eigenvalue weighted by Gasteiger charge is -2.33. The van der Waals surface area contributed by atoms with E-state index in [1.807, 2.05) is 121 Å². The summed E-state index contributed by atoms with van der Waals surface area (Å²) in [6.07, 6.45) is 1.37. The third-order valence-electron chi connectivity index (χ3n) is 10.4. The summed E-state index contributed by atoms with van der Waals surface area (Å²) >= 11 is 0. The fourth-order valence-electron chi connectivity index (χ4n) is 7.30. The van der Waals surface area contributed by atoms with Crippen LogP contribution in [-0.2, 0) is 16.0 Å². The number of hydrogen-bond donors (Lipinski definition) is 4. The molecule has 0 radical (unpaired) electrons. The molecule has 0 unspecified atom stereocenters. The number of para-hydroxylation sites is 2. The predicted molar refractivity (Wildman–Crippen MR) is 234 cm³/mol. The summed E-state index contributed by atoms with van der Waals surface area (Å²) < 4.78 is 6.33. The number of carbonyl (C=O) groups is 3. The maximum atomic E-state index is 14.5. The summed E-state index contributed by atoms with van der Waals surface area (Å²) in [5.74, 6) is -0.200. The number of piperidine rings is 1. The smallest absolute Gasteiger partial charge is 0.419 e. The Kier molecular flexibility index (Phi) is 13.8. The van der Waals surface area contributed by atoms with Gasteiger partial charge in [-0.1, -0.05) is 115 Å². The molecular weight excluding hydrogens is 739 g/mol. The van der Waals surface area contributed by atoms with Crippen molar-refractivity contribution in [3.05, 3.63) is 169 Å². The highest BCUT2D eigenvalue weighted by Gasteiger charge is 2.29. The Morgan fingerprint density at radius 2 is 1.27 bits per heavy atom. The number of aromatic hydroxyl groups is 1. The van der Waals surface area contributed by atoms with Gasteiger partial charge in [0.05, 0.1) is 17.9 Å². The molecule has 1 saturated heterocycles. The fraction of sp³-hybridized carbons (Fsp3) is 0.204. The molecule has 4 N–H and O–H groups in total. The van der Waals surface area contributed by atoms with Gasteiger partial charge in [0.15, 0.2) is 0 Å². The molecule has 6 aromatic rings. The third-order valence-corrected chi connectivity index (χ3v) is 10.4. The third kappa shape index (κ3) is 11.0. The monoisotopic (exact) mass is 787 g/mol. The van der Waals surface area contributed by atoms with Crippen LogP contribution in [0.25, 0.3) is 22.3 Å². The number of phenolic OH excluding ortho intramolecular Hbond substituents is 1. The summed E-state index contributed by atoms with van der Waals surface area (Å²) in [5.41, 5.74) is 7.39. The molecule has 3 amide bonds. The van der Waals surface area contributed by atoms with Crippen LogP contribution in [0.15, 0.2) is 158 Å². The van der Waals surface area contributed by atoms with Crippen LogP contribution >= 0.6 is 0 Å². The molecule has 0 spiro atoms.